The first kappa shape index (κ1) is 21.4. The van der Waals surface area contributed by atoms with Gasteiger partial charge in [0.25, 0.3) is 0 Å². The van der Waals surface area contributed by atoms with Crippen LogP contribution in [0.25, 0.3) is 0 Å². The lowest BCUT2D eigenvalue weighted by Crippen LogP contribution is -2.48. The summed E-state index contributed by atoms with van der Waals surface area (Å²) in [6, 6.07) is 17.2. The summed E-state index contributed by atoms with van der Waals surface area (Å²) in [4.78, 5) is 29.0. The van der Waals surface area contributed by atoms with Crippen LogP contribution in [0.3, 0.4) is 0 Å². The molecular weight excluding hydrogens is 390 g/mol. The Bertz CT molecular complexity index is 902. The van der Waals surface area contributed by atoms with E-state index in [0.29, 0.717) is 18.9 Å². The van der Waals surface area contributed by atoms with E-state index in [-0.39, 0.29) is 17.9 Å². The van der Waals surface area contributed by atoms with Gasteiger partial charge >= 0.3 is 0 Å². The summed E-state index contributed by atoms with van der Waals surface area (Å²) >= 11 is 0. The average molecular weight is 422 g/mol. The fraction of sp³-hybridized carbons (Fsp3) is 0.440. The molecule has 0 bridgehead atoms. The average Bonchev–Trinajstić information content (AvgIpc) is 3.24. The summed E-state index contributed by atoms with van der Waals surface area (Å²) in [5.41, 5.74) is 1.58. The Morgan fingerprint density at radius 2 is 1.97 bits per heavy atom. The molecule has 4 rings (SSSR count). The molecule has 2 fully saturated rings. The van der Waals surface area contributed by atoms with E-state index in [0.717, 1.165) is 56.0 Å². The maximum absolute atomic E-state index is 12.9. The van der Waals surface area contributed by atoms with E-state index in [1.807, 2.05) is 61.5 Å². The molecule has 0 aromatic heterocycles. The molecule has 2 atom stereocenters. The zero-order chi connectivity index (χ0) is 21.6. The Morgan fingerprint density at radius 3 is 2.74 bits per heavy atom. The molecule has 31 heavy (non-hydrogen) atoms. The van der Waals surface area contributed by atoms with E-state index in [4.69, 9.17) is 4.74 Å². The predicted molar refractivity (Wildman–Crippen MR) is 122 cm³/mol. The second-order valence-corrected chi connectivity index (χ2v) is 8.49. The maximum Gasteiger partial charge on any atom is 0.241 e. The van der Waals surface area contributed by atoms with Gasteiger partial charge in [-0.05, 0) is 63.1 Å². The van der Waals surface area contributed by atoms with Gasteiger partial charge in [-0.1, -0.05) is 24.3 Å². The minimum atomic E-state index is -0.225. The summed E-state index contributed by atoms with van der Waals surface area (Å²) in [5, 5.41) is 3.04. The third kappa shape index (κ3) is 5.44. The summed E-state index contributed by atoms with van der Waals surface area (Å²) < 4.78 is 5.94. The van der Waals surface area contributed by atoms with Crippen LogP contribution in [0.4, 0.5) is 11.4 Å². The highest BCUT2D eigenvalue weighted by atomic mass is 16.5. The smallest absolute Gasteiger partial charge is 0.241 e. The second-order valence-electron chi connectivity index (χ2n) is 8.49. The molecule has 6 nitrogen and oxygen atoms in total. The van der Waals surface area contributed by atoms with Gasteiger partial charge in [-0.2, -0.15) is 0 Å². The Labute approximate surface area is 184 Å². The van der Waals surface area contributed by atoms with Gasteiger partial charge in [-0.15, -0.1) is 0 Å². The third-order valence-corrected chi connectivity index (χ3v) is 6.21. The quantitative estimate of drug-likeness (QED) is 0.736. The molecule has 2 amide bonds. The van der Waals surface area contributed by atoms with Crippen LogP contribution in [0, 0.1) is 5.92 Å². The molecule has 1 N–H and O–H groups in total. The van der Waals surface area contributed by atoms with E-state index in [1.54, 1.807) is 4.90 Å². The van der Waals surface area contributed by atoms with Crippen LogP contribution in [0.5, 0.6) is 5.75 Å². The first-order valence-corrected chi connectivity index (χ1v) is 11.2. The molecule has 0 spiro atoms. The highest BCUT2D eigenvalue weighted by Crippen LogP contribution is 2.25. The Balaban J connectivity index is 1.32. The summed E-state index contributed by atoms with van der Waals surface area (Å²) in [5.74, 6) is 1.43. The number of hydrogen-bond acceptors (Lipinski definition) is 4. The van der Waals surface area contributed by atoms with Crippen molar-refractivity contribution >= 4 is 23.2 Å². The molecular formula is C25H31N3O3. The fourth-order valence-corrected chi connectivity index (χ4v) is 4.40. The first-order valence-electron chi connectivity index (χ1n) is 11.2. The molecule has 2 saturated heterocycles. The molecule has 2 unspecified atom stereocenters. The molecule has 2 aliphatic heterocycles. The number of amides is 2. The minimum absolute atomic E-state index is 0.0190. The minimum Gasteiger partial charge on any atom is -0.493 e. The molecule has 2 aliphatic rings. The van der Waals surface area contributed by atoms with Gasteiger partial charge in [0.05, 0.1) is 12.6 Å². The number of anilines is 2. The molecule has 6 heteroatoms. The predicted octanol–water partition coefficient (Wildman–Crippen LogP) is 3.93. The highest BCUT2D eigenvalue weighted by Gasteiger charge is 2.28. The summed E-state index contributed by atoms with van der Waals surface area (Å²) in [6.07, 6.45) is 3.66. The van der Waals surface area contributed by atoms with Crippen molar-refractivity contribution in [1.29, 1.82) is 0 Å². The van der Waals surface area contributed by atoms with E-state index in [9.17, 15) is 9.59 Å². The first-order chi connectivity index (χ1) is 15.1. The number of ether oxygens (including phenoxy) is 1. The van der Waals surface area contributed by atoms with Gasteiger partial charge in [0, 0.05) is 36.8 Å². The molecule has 0 saturated carbocycles. The number of rotatable bonds is 7. The van der Waals surface area contributed by atoms with E-state index >= 15 is 0 Å². The largest absolute Gasteiger partial charge is 0.493 e. The van der Waals surface area contributed by atoms with E-state index in [2.05, 4.69) is 10.2 Å². The van der Waals surface area contributed by atoms with Crippen LogP contribution < -0.4 is 15.0 Å². The van der Waals surface area contributed by atoms with Gasteiger partial charge in [-0.25, -0.2) is 0 Å². The van der Waals surface area contributed by atoms with Crippen molar-refractivity contribution in [2.24, 2.45) is 5.92 Å². The van der Waals surface area contributed by atoms with Gasteiger partial charge in [0.1, 0.15) is 5.75 Å². The van der Waals surface area contributed by atoms with Crippen LogP contribution in [0.1, 0.15) is 32.6 Å². The number of hydrogen-bond donors (Lipinski definition) is 1. The molecule has 2 aromatic rings. The van der Waals surface area contributed by atoms with E-state index in [1.165, 1.54) is 0 Å². The van der Waals surface area contributed by atoms with Gasteiger partial charge in [0.15, 0.2) is 0 Å². The van der Waals surface area contributed by atoms with Crippen molar-refractivity contribution in [2.45, 2.75) is 38.6 Å². The highest BCUT2D eigenvalue weighted by molar-refractivity contribution is 5.98. The van der Waals surface area contributed by atoms with Crippen molar-refractivity contribution in [3.63, 3.8) is 0 Å². The molecule has 2 heterocycles. The zero-order valence-electron chi connectivity index (χ0n) is 18.1. The van der Waals surface area contributed by atoms with Crippen molar-refractivity contribution in [3.8, 4) is 5.75 Å². The number of piperidine rings is 1. The van der Waals surface area contributed by atoms with Crippen LogP contribution in [-0.4, -0.2) is 49.0 Å². The van der Waals surface area contributed by atoms with Crippen LogP contribution in [0.15, 0.2) is 54.6 Å². The number of nitrogens with zero attached hydrogens (tertiary/aromatic N) is 2. The van der Waals surface area contributed by atoms with Gasteiger partial charge in [-0.3, -0.25) is 14.5 Å². The monoisotopic (exact) mass is 421 g/mol. The molecule has 0 radical (unpaired) electrons. The number of benzene rings is 2. The number of carbonyl (C=O) groups is 2. The number of para-hydroxylation sites is 1. The Kier molecular flexibility index (Phi) is 6.87. The molecule has 164 valence electrons. The Hall–Kier alpha value is -2.86. The van der Waals surface area contributed by atoms with Crippen LogP contribution in [0.2, 0.25) is 0 Å². The number of carbonyl (C=O) groups excluding carboxylic acids is 2. The topological polar surface area (TPSA) is 61.9 Å². The standard InChI is InChI=1S/C25H31N3O3/c1-19(27-14-6-8-20(17-27)18-31-23-11-3-2-4-12-23)25(30)26-21-9-5-10-22(16-21)28-15-7-13-24(28)29/h2-5,9-12,16,19-20H,6-8,13-15,17-18H2,1H3,(H,26,30). The fourth-order valence-electron chi connectivity index (χ4n) is 4.40. The Morgan fingerprint density at radius 1 is 1.13 bits per heavy atom. The van der Waals surface area contributed by atoms with Crippen molar-refractivity contribution in [3.05, 3.63) is 54.6 Å². The van der Waals surface area contributed by atoms with Crippen LogP contribution >= 0.6 is 0 Å². The summed E-state index contributed by atoms with van der Waals surface area (Å²) in [7, 11) is 0. The van der Waals surface area contributed by atoms with Gasteiger partial charge in [0.2, 0.25) is 11.8 Å². The normalized spacial score (nSPS) is 20.5. The lowest BCUT2D eigenvalue weighted by atomic mass is 9.97. The molecule has 0 aliphatic carbocycles. The maximum atomic E-state index is 12.9. The van der Waals surface area contributed by atoms with Crippen molar-refractivity contribution in [2.75, 3.05) is 36.5 Å². The summed E-state index contributed by atoms with van der Waals surface area (Å²) in [6.45, 7) is 5.14. The van der Waals surface area contributed by atoms with Crippen LogP contribution in [-0.2, 0) is 9.59 Å². The van der Waals surface area contributed by atoms with Crippen molar-refractivity contribution < 1.29 is 14.3 Å². The van der Waals surface area contributed by atoms with E-state index < -0.39 is 0 Å². The zero-order valence-corrected chi connectivity index (χ0v) is 18.1. The molecule has 2 aromatic carbocycles. The van der Waals surface area contributed by atoms with Gasteiger partial charge < -0.3 is 15.0 Å². The third-order valence-electron chi connectivity index (χ3n) is 6.21. The second kappa shape index (κ2) is 9.96. The lowest BCUT2D eigenvalue weighted by molar-refractivity contribution is -0.121. The SMILES string of the molecule is CC(C(=O)Nc1cccc(N2CCCC2=O)c1)N1CCCC(COc2ccccc2)C1. The van der Waals surface area contributed by atoms with Crippen molar-refractivity contribution in [1.82, 2.24) is 4.90 Å². The number of likely N-dealkylation sites (tertiary alicyclic amines) is 1. The lowest BCUT2D eigenvalue weighted by Gasteiger charge is -2.36. The number of nitrogens with one attached hydrogen (secondary N) is 1.